The van der Waals surface area contributed by atoms with Gasteiger partial charge >= 0.3 is 0 Å². The molecule has 0 saturated carbocycles. The van der Waals surface area contributed by atoms with Crippen molar-refractivity contribution < 1.29 is 18.7 Å². The number of rotatable bonds is 5. The Morgan fingerprint density at radius 2 is 1.93 bits per heavy atom. The summed E-state index contributed by atoms with van der Waals surface area (Å²) >= 11 is 0. The van der Waals surface area contributed by atoms with Crippen LogP contribution in [0.3, 0.4) is 0 Å². The molecular weight excluding hydrogens is 385 g/mol. The van der Waals surface area contributed by atoms with E-state index in [0.717, 1.165) is 18.4 Å². The van der Waals surface area contributed by atoms with E-state index < -0.39 is 5.41 Å². The maximum absolute atomic E-state index is 13.6. The molecule has 1 aromatic carbocycles. The molecule has 2 saturated heterocycles. The van der Waals surface area contributed by atoms with Gasteiger partial charge in [-0.3, -0.25) is 9.59 Å². The highest BCUT2D eigenvalue weighted by Gasteiger charge is 2.45. The van der Waals surface area contributed by atoms with Crippen LogP contribution in [0, 0.1) is 11.7 Å². The smallest absolute Gasteiger partial charge is 0.233 e. The summed E-state index contributed by atoms with van der Waals surface area (Å²) in [6, 6.07) is 6.21. The van der Waals surface area contributed by atoms with Crippen LogP contribution in [-0.2, 0) is 19.7 Å². The number of nitrogens with one attached hydrogen (secondary N) is 1. The average Bonchev–Trinajstić information content (AvgIpc) is 2.72. The third-order valence-corrected chi connectivity index (χ3v) is 5.68. The predicted octanol–water partition coefficient (Wildman–Crippen LogP) is 1.61. The lowest BCUT2D eigenvalue weighted by molar-refractivity contribution is -0.144. The SMILES string of the molecule is Cl.NCCNC(=O)C1CCCN(C(=O)C2(c3ccc(F)cc3)CCOCC2)C1. The van der Waals surface area contributed by atoms with E-state index in [2.05, 4.69) is 5.32 Å². The molecule has 2 fully saturated rings. The molecule has 3 N–H and O–H groups in total. The number of benzene rings is 1. The minimum Gasteiger partial charge on any atom is -0.381 e. The van der Waals surface area contributed by atoms with E-state index in [-0.39, 0.29) is 36.0 Å². The van der Waals surface area contributed by atoms with Gasteiger partial charge in [0.15, 0.2) is 0 Å². The molecule has 3 rings (SSSR count). The zero-order chi connectivity index (χ0) is 19.3. The van der Waals surface area contributed by atoms with E-state index in [1.807, 2.05) is 4.90 Å². The van der Waals surface area contributed by atoms with Gasteiger partial charge in [-0.1, -0.05) is 12.1 Å². The number of hydrogen-bond acceptors (Lipinski definition) is 4. The van der Waals surface area contributed by atoms with E-state index in [9.17, 15) is 14.0 Å². The van der Waals surface area contributed by atoms with Crippen LogP contribution in [0.25, 0.3) is 0 Å². The van der Waals surface area contributed by atoms with E-state index in [4.69, 9.17) is 10.5 Å². The number of piperidine rings is 1. The monoisotopic (exact) mass is 413 g/mol. The summed E-state index contributed by atoms with van der Waals surface area (Å²) < 4.78 is 18.9. The molecule has 2 aliphatic rings. The van der Waals surface area contributed by atoms with Crippen molar-refractivity contribution in [3.8, 4) is 0 Å². The van der Waals surface area contributed by atoms with Gasteiger partial charge in [-0.05, 0) is 43.4 Å². The number of carbonyl (C=O) groups is 2. The molecule has 1 aromatic rings. The maximum Gasteiger partial charge on any atom is 0.233 e. The molecular formula is C20H29ClFN3O3. The van der Waals surface area contributed by atoms with Crippen LogP contribution in [-0.4, -0.2) is 56.1 Å². The van der Waals surface area contributed by atoms with Crippen LogP contribution in [0.1, 0.15) is 31.2 Å². The van der Waals surface area contributed by atoms with E-state index in [0.29, 0.717) is 52.2 Å². The second kappa shape index (κ2) is 10.2. The van der Waals surface area contributed by atoms with Crippen LogP contribution in [0.15, 0.2) is 24.3 Å². The van der Waals surface area contributed by atoms with Gasteiger partial charge in [0.1, 0.15) is 5.82 Å². The van der Waals surface area contributed by atoms with Gasteiger partial charge in [-0.25, -0.2) is 4.39 Å². The van der Waals surface area contributed by atoms with Crippen LogP contribution in [0.5, 0.6) is 0 Å². The molecule has 156 valence electrons. The number of nitrogens with two attached hydrogens (primary N) is 1. The number of carbonyl (C=O) groups excluding carboxylic acids is 2. The minimum atomic E-state index is -0.707. The van der Waals surface area contributed by atoms with Crippen molar-refractivity contribution in [3.05, 3.63) is 35.6 Å². The largest absolute Gasteiger partial charge is 0.381 e. The summed E-state index contributed by atoms with van der Waals surface area (Å²) in [4.78, 5) is 27.7. The third-order valence-electron chi connectivity index (χ3n) is 5.68. The summed E-state index contributed by atoms with van der Waals surface area (Å²) in [6.45, 7) is 2.89. The first-order valence-corrected chi connectivity index (χ1v) is 9.68. The van der Waals surface area contributed by atoms with Crippen molar-refractivity contribution in [2.45, 2.75) is 31.1 Å². The average molecular weight is 414 g/mol. The third kappa shape index (κ3) is 4.82. The fraction of sp³-hybridized carbons (Fsp3) is 0.600. The number of hydrogen-bond donors (Lipinski definition) is 2. The Balaban J connectivity index is 0.00000280. The topological polar surface area (TPSA) is 84.7 Å². The molecule has 0 bridgehead atoms. The first-order valence-electron chi connectivity index (χ1n) is 9.68. The second-order valence-corrected chi connectivity index (χ2v) is 7.37. The first kappa shape index (κ1) is 22.6. The Hall–Kier alpha value is -1.70. The molecule has 28 heavy (non-hydrogen) atoms. The highest BCUT2D eigenvalue weighted by atomic mass is 35.5. The van der Waals surface area contributed by atoms with Crippen LogP contribution < -0.4 is 11.1 Å². The van der Waals surface area contributed by atoms with Gasteiger partial charge < -0.3 is 20.7 Å². The Bertz CT molecular complexity index is 665. The van der Waals surface area contributed by atoms with E-state index in [1.54, 1.807) is 12.1 Å². The highest BCUT2D eigenvalue weighted by Crippen LogP contribution is 2.38. The number of amides is 2. The zero-order valence-electron chi connectivity index (χ0n) is 16.0. The Morgan fingerprint density at radius 3 is 2.57 bits per heavy atom. The summed E-state index contributed by atoms with van der Waals surface area (Å²) in [6.07, 6.45) is 2.70. The van der Waals surface area contributed by atoms with Crippen LogP contribution in [0.4, 0.5) is 4.39 Å². The maximum atomic E-state index is 13.6. The van der Waals surface area contributed by atoms with Crippen LogP contribution in [0.2, 0.25) is 0 Å². The molecule has 2 aliphatic heterocycles. The summed E-state index contributed by atoms with van der Waals surface area (Å²) in [7, 11) is 0. The minimum absolute atomic E-state index is 0. The van der Waals surface area contributed by atoms with Crippen LogP contribution >= 0.6 is 12.4 Å². The molecule has 6 nitrogen and oxygen atoms in total. The fourth-order valence-electron chi connectivity index (χ4n) is 4.13. The standard InChI is InChI=1S/C20H28FN3O3.ClH/c21-17-5-3-16(4-6-17)20(7-12-27-13-8-20)19(26)24-11-1-2-15(14-24)18(25)23-10-9-22;/h3-6,15H,1-2,7-14,22H2,(H,23,25);1H. The number of nitrogens with zero attached hydrogens (tertiary/aromatic N) is 1. The molecule has 8 heteroatoms. The van der Waals surface area contributed by atoms with Crippen molar-refractivity contribution in [1.29, 1.82) is 0 Å². The Morgan fingerprint density at radius 1 is 1.25 bits per heavy atom. The Kier molecular flexibility index (Phi) is 8.22. The summed E-state index contributed by atoms with van der Waals surface area (Å²) in [5, 5.41) is 2.82. The van der Waals surface area contributed by atoms with E-state index >= 15 is 0 Å². The molecule has 0 spiro atoms. The van der Waals surface area contributed by atoms with Gasteiger partial charge in [-0.2, -0.15) is 0 Å². The number of ether oxygens (including phenoxy) is 1. The molecule has 0 aliphatic carbocycles. The van der Waals surface area contributed by atoms with Gasteiger partial charge in [0.05, 0.1) is 11.3 Å². The number of halogens is 2. The summed E-state index contributed by atoms with van der Waals surface area (Å²) in [5.41, 5.74) is 5.57. The quantitative estimate of drug-likeness (QED) is 0.768. The predicted molar refractivity (Wildman–Crippen MR) is 107 cm³/mol. The number of likely N-dealkylation sites (tertiary alicyclic amines) is 1. The lowest BCUT2D eigenvalue weighted by Gasteiger charge is -2.42. The van der Waals surface area contributed by atoms with Gasteiger partial charge in [0.2, 0.25) is 11.8 Å². The van der Waals surface area contributed by atoms with Crippen molar-refractivity contribution >= 4 is 24.2 Å². The molecule has 2 amide bonds. The van der Waals surface area contributed by atoms with E-state index in [1.165, 1.54) is 12.1 Å². The van der Waals surface area contributed by atoms with Crippen molar-refractivity contribution in [2.75, 3.05) is 39.4 Å². The molecule has 1 unspecified atom stereocenters. The first-order chi connectivity index (χ1) is 13.1. The van der Waals surface area contributed by atoms with Crippen molar-refractivity contribution in [3.63, 3.8) is 0 Å². The Labute approximate surface area is 171 Å². The summed E-state index contributed by atoms with van der Waals surface area (Å²) in [5.74, 6) is -0.545. The molecule has 2 heterocycles. The van der Waals surface area contributed by atoms with Crippen molar-refractivity contribution in [1.82, 2.24) is 10.2 Å². The fourth-order valence-corrected chi connectivity index (χ4v) is 4.13. The molecule has 0 radical (unpaired) electrons. The lowest BCUT2D eigenvalue weighted by atomic mass is 9.72. The molecule has 1 atom stereocenters. The molecule has 0 aromatic heterocycles. The van der Waals surface area contributed by atoms with Gasteiger partial charge in [-0.15, -0.1) is 12.4 Å². The lowest BCUT2D eigenvalue weighted by Crippen LogP contribution is -2.54. The van der Waals surface area contributed by atoms with Gasteiger partial charge in [0, 0.05) is 39.4 Å². The highest BCUT2D eigenvalue weighted by molar-refractivity contribution is 5.89. The second-order valence-electron chi connectivity index (χ2n) is 7.37. The zero-order valence-corrected chi connectivity index (χ0v) is 16.8. The van der Waals surface area contributed by atoms with Crippen molar-refractivity contribution in [2.24, 2.45) is 11.7 Å². The normalized spacial score (nSPS) is 21.5. The van der Waals surface area contributed by atoms with Gasteiger partial charge in [0.25, 0.3) is 0 Å².